The van der Waals surface area contributed by atoms with Gasteiger partial charge in [-0.25, -0.2) is 4.79 Å². The summed E-state index contributed by atoms with van der Waals surface area (Å²) in [5.41, 5.74) is 2.22. The number of methoxy groups -OCH3 is 1. The van der Waals surface area contributed by atoms with Gasteiger partial charge in [-0.05, 0) is 48.9 Å². The summed E-state index contributed by atoms with van der Waals surface area (Å²) in [5.74, 6) is -1.42. The van der Waals surface area contributed by atoms with Gasteiger partial charge in [0.25, 0.3) is 0 Å². The van der Waals surface area contributed by atoms with Crippen LogP contribution in [-0.2, 0) is 46.1 Å². The number of hydrogen-bond acceptors (Lipinski definition) is 11. The zero-order chi connectivity index (χ0) is 34.2. The Hall–Kier alpha value is -4.91. The number of anilines is 1. The summed E-state index contributed by atoms with van der Waals surface area (Å²) in [7, 11) is 1.35. The first-order valence-corrected chi connectivity index (χ1v) is 16.2. The third kappa shape index (κ3) is 8.40. The molecule has 1 amide bonds. The number of fused-ring (bicyclic) bond motifs is 2. The number of esters is 2. The molecule has 1 saturated heterocycles. The van der Waals surface area contributed by atoms with E-state index < -0.39 is 67.2 Å². The van der Waals surface area contributed by atoms with Crippen LogP contribution in [0.15, 0.2) is 91.0 Å². The summed E-state index contributed by atoms with van der Waals surface area (Å²) < 4.78 is 40.3. The number of aliphatic hydroxyl groups is 1. The van der Waals surface area contributed by atoms with E-state index >= 15 is 0 Å². The number of amides is 1. The predicted octanol–water partition coefficient (Wildman–Crippen LogP) is 4.59. The van der Waals surface area contributed by atoms with Gasteiger partial charge in [0.15, 0.2) is 36.1 Å². The standard InChI is InChI=1S/C37H39NO11/c1-43-36-33-32(31(30(21-39)46-36)49-37(42)38-27-16-17-28-29(20-27)45-22-44-28)47-34(40)25(18-23-10-4-2-5-11-23)14-8-9-15-26(35(41)48-33)19-24-12-6-3-7-13-24/h2-13,16-17,20,25-26,30-33,36,39H,14-15,18-19,21-22H2,1H3,(H,38,42)/b9-8+/t25-,26-,30+,31+,32-,33+,36-/m0/s1. The lowest BCUT2D eigenvalue weighted by atomic mass is 9.92. The van der Waals surface area contributed by atoms with Gasteiger partial charge < -0.3 is 38.3 Å². The fourth-order valence-electron chi connectivity index (χ4n) is 6.17. The molecular formula is C37H39NO11. The zero-order valence-corrected chi connectivity index (χ0v) is 27.0. The minimum Gasteiger partial charge on any atom is -0.454 e. The summed E-state index contributed by atoms with van der Waals surface area (Å²) in [5, 5.41) is 13.0. The van der Waals surface area contributed by atoms with Crippen LogP contribution in [0.3, 0.4) is 0 Å². The van der Waals surface area contributed by atoms with Crippen LogP contribution in [0.25, 0.3) is 0 Å². The van der Waals surface area contributed by atoms with Crippen LogP contribution in [-0.4, -0.2) is 74.4 Å². The Kier molecular flexibility index (Phi) is 11.1. The van der Waals surface area contributed by atoms with Gasteiger partial charge in [0.2, 0.25) is 6.79 Å². The molecule has 12 heteroatoms. The molecular weight excluding hydrogens is 634 g/mol. The molecule has 3 aliphatic rings. The molecule has 0 aliphatic carbocycles. The van der Waals surface area contributed by atoms with Crippen molar-refractivity contribution in [2.45, 2.75) is 56.4 Å². The Morgan fingerprint density at radius 1 is 0.816 bits per heavy atom. The van der Waals surface area contributed by atoms with Gasteiger partial charge in [0.1, 0.15) is 6.10 Å². The first-order chi connectivity index (χ1) is 23.9. The van der Waals surface area contributed by atoms with Gasteiger partial charge in [0.05, 0.1) is 18.4 Å². The number of hydrogen-bond donors (Lipinski definition) is 2. The second kappa shape index (κ2) is 16.0. The number of allylic oxidation sites excluding steroid dienone is 2. The molecule has 2 N–H and O–H groups in total. The highest BCUT2D eigenvalue weighted by atomic mass is 16.7. The second-order valence-electron chi connectivity index (χ2n) is 12.0. The van der Waals surface area contributed by atoms with Crippen molar-refractivity contribution in [3.8, 4) is 11.5 Å². The summed E-state index contributed by atoms with van der Waals surface area (Å²) >= 11 is 0. The van der Waals surface area contributed by atoms with E-state index in [1.54, 1.807) is 18.2 Å². The first kappa shape index (κ1) is 34.0. The van der Waals surface area contributed by atoms with Crippen molar-refractivity contribution in [2.75, 3.05) is 25.8 Å². The summed E-state index contributed by atoms with van der Waals surface area (Å²) in [6.45, 7) is -0.564. The van der Waals surface area contributed by atoms with Gasteiger partial charge >= 0.3 is 18.0 Å². The van der Waals surface area contributed by atoms with Crippen LogP contribution in [0.4, 0.5) is 10.5 Å². The Labute approximate surface area is 283 Å². The monoisotopic (exact) mass is 673 g/mol. The minimum atomic E-state index is -1.39. The Bertz CT molecular complexity index is 1620. The largest absolute Gasteiger partial charge is 0.454 e. The van der Waals surface area contributed by atoms with Crippen molar-refractivity contribution in [2.24, 2.45) is 11.8 Å². The van der Waals surface area contributed by atoms with Crippen LogP contribution < -0.4 is 14.8 Å². The van der Waals surface area contributed by atoms with Crippen LogP contribution in [0, 0.1) is 11.8 Å². The number of ether oxygens (including phenoxy) is 7. The SMILES string of the molecule is CO[C@H]1O[C@H](CO)[C@@H](OC(=O)Nc2ccc3c(c2)OCO3)[C@@H]2OC(=O)[C@H](Cc3ccccc3)C/C=C/C[C@@H](Cc3ccccc3)C(=O)O[C@@H]12. The van der Waals surface area contributed by atoms with Gasteiger partial charge in [-0.15, -0.1) is 0 Å². The third-order valence-electron chi connectivity index (χ3n) is 8.69. The van der Waals surface area contributed by atoms with Gasteiger partial charge in [-0.3, -0.25) is 14.9 Å². The van der Waals surface area contributed by atoms with Gasteiger partial charge in [-0.1, -0.05) is 72.8 Å². The molecule has 3 aromatic rings. The van der Waals surface area contributed by atoms with Gasteiger partial charge in [0, 0.05) is 18.9 Å². The molecule has 0 saturated carbocycles. The number of benzene rings is 3. The van der Waals surface area contributed by atoms with Crippen LogP contribution >= 0.6 is 0 Å². The Morgan fingerprint density at radius 2 is 1.41 bits per heavy atom. The van der Waals surface area contributed by atoms with Crippen molar-refractivity contribution in [1.29, 1.82) is 0 Å². The molecule has 6 rings (SSSR count). The molecule has 0 radical (unpaired) electrons. The predicted molar refractivity (Wildman–Crippen MR) is 175 cm³/mol. The molecule has 1 fully saturated rings. The molecule has 0 spiro atoms. The molecule has 0 unspecified atom stereocenters. The van der Waals surface area contributed by atoms with E-state index in [0.29, 0.717) is 42.9 Å². The number of aliphatic hydroxyl groups excluding tert-OH is 1. The van der Waals surface area contributed by atoms with E-state index in [4.69, 9.17) is 33.2 Å². The quantitative estimate of drug-likeness (QED) is 0.197. The maximum atomic E-state index is 14.0. The first-order valence-electron chi connectivity index (χ1n) is 16.2. The van der Waals surface area contributed by atoms with Crippen LogP contribution in [0.2, 0.25) is 0 Å². The highest BCUT2D eigenvalue weighted by Gasteiger charge is 2.53. The van der Waals surface area contributed by atoms with E-state index in [1.807, 2.05) is 72.8 Å². The number of carbonyl (C=O) groups is 3. The highest BCUT2D eigenvalue weighted by molar-refractivity contribution is 5.85. The fourth-order valence-corrected chi connectivity index (χ4v) is 6.17. The maximum absolute atomic E-state index is 14.0. The van der Waals surface area contributed by atoms with Crippen LogP contribution in [0.5, 0.6) is 11.5 Å². The van der Waals surface area contributed by atoms with Crippen molar-refractivity contribution in [3.63, 3.8) is 0 Å². The van der Waals surface area contributed by atoms with E-state index in [0.717, 1.165) is 11.1 Å². The van der Waals surface area contributed by atoms with Crippen molar-refractivity contribution in [1.82, 2.24) is 0 Å². The minimum absolute atomic E-state index is 0.0575. The Balaban J connectivity index is 1.31. The lowest BCUT2D eigenvalue weighted by Gasteiger charge is -2.44. The molecule has 3 heterocycles. The Morgan fingerprint density at radius 3 is 2.00 bits per heavy atom. The molecule has 3 aromatic carbocycles. The van der Waals surface area contributed by atoms with E-state index in [1.165, 1.54) is 7.11 Å². The van der Waals surface area contributed by atoms with Crippen molar-refractivity contribution in [3.05, 3.63) is 102 Å². The normalized spacial score (nSPS) is 27.3. The van der Waals surface area contributed by atoms with Gasteiger partial charge in [-0.2, -0.15) is 0 Å². The number of carbonyl (C=O) groups excluding carboxylic acids is 3. The third-order valence-corrected chi connectivity index (χ3v) is 8.69. The number of nitrogens with one attached hydrogen (secondary N) is 1. The second-order valence-corrected chi connectivity index (χ2v) is 12.0. The fraction of sp³-hybridized carbons (Fsp3) is 0.378. The summed E-state index contributed by atoms with van der Waals surface area (Å²) in [6, 6.07) is 23.9. The topological polar surface area (TPSA) is 148 Å². The lowest BCUT2D eigenvalue weighted by molar-refractivity contribution is -0.300. The maximum Gasteiger partial charge on any atom is 0.412 e. The van der Waals surface area contributed by atoms with Crippen LogP contribution in [0.1, 0.15) is 24.0 Å². The van der Waals surface area contributed by atoms with E-state index in [9.17, 15) is 19.5 Å². The average Bonchev–Trinajstić information content (AvgIpc) is 3.59. The molecule has 3 aliphatic heterocycles. The van der Waals surface area contributed by atoms with Crippen molar-refractivity contribution >= 4 is 23.7 Å². The number of rotatable bonds is 8. The molecule has 258 valence electrons. The lowest BCUT2D eigenvalue weighted by Crippen LogP contribution is -2.63. The molecule has 49 heavy (non-hydrogen) atoms. The van der Waals surface area contributed by atoms with E-state index in [2.05, 4.69) is 5.32 Å². The average molecular weight is 674 g/mol. The molecule has 7 atom stereocenters. The summed E-state index contributed by atoms with van der Waals surface area (Å²) in [4.78, 5) is 41.1. The highest BCUT2D eigenvalue weighted by Crippen LogP contribution is 2.35. The van der Waals surface area contributed by atoms with Crippen molar-refractivity contribution < 1.29 is 52.6 Å². The van der Waals surface area contributed by atoms with E-state index in [-0.39, 0.29) is 6.79 Å². The zero-order valence-electron chi connectivity index (χ0n) is 27.0. The molecule has 12 nitrogen and oxygen atoms in total. The summed E-state index contributed by atoms with van der Waals surface area (Å²) in [6.07, 6.45) is -2.28. The molecule has 0 bridgehead atoms. The smallest absolute Gasteiger partial charge is 0.412 e. The molecule has 0 aromatic heterocycles.